The quantitative estimate of drug-likeness (QED) is 0.635. The third-order valence-electron chi connectivity index (χ3n) is 1.86. The number of nitrogens with one attached hydrogen (secondary N) is 1. The number of carbonyl (C=O) groups is 2. The molecule has 0 saturated carbocycles. The van der Waals surface area contributed by atoms with Gasteiger partial charge in [-0.05, 0) is 13.8 Å². The lowest BCUT2D eigenvalue weighted by molar-refractivity contribution is -0.141. The van der Waals surface area contributed by atoms with Crippen molar-refractivity contribution in [3.63, 3.8) is 0 Å². The van der Waals surface area contributed by atoms with Gasteiger partial charge in [0.2, 0.25) is 5.91 Å². The van der Waals surface area contributed by atoms with E-state index in [1.54, 1.807) is 13.8 Å². The average Bonchev–Trinajstić information content (AvgIpc) is 2.10. The fourth-order valence-electron chi connectivity index (χ4n) is 1.16. The highest BCUT2D eigenvalue weighted by Crippen LogP contribution is 2.28. The molecule has 0 aromatic rings. The number of carbonyl (C=O) groups excluding carboxylic acids is 1. The van der Waals surface area contributed by atoms with Crippen molar-refractivity contribution in [2.75, 3.05) is 5.75 Å². The number of hydrogen-bond acceptors (Lipinski definition) is 4. The maximum Gasteiger partial charge on any atom is 0.327 e. The predicted molar refractivity (Wildman–Crippen MR) is 70.2 cm³/mol. The highest BCUT2D eigenvalue weighted by molar-refractivity contribution is 8.01. The molecule has 0 rings (SSSR count). The molecular formula is C10H19NO3S2. The van der Waals surface area contributed by atoms with Crippen LogP contribution in [0.4, 0.5) is 0 Å². The van der Waals surface area contributed by atoms with Crippen molar-refractivity contribution in [3.8, 4) is 0 Å². The molecule has 1 unspecified atom stereocenters. The van der Waals surface area contributed by atoms with E-state index in [1.807, 2.05) is 13.8 Å². The second-order valence-electron chi connectivity index (χ2n) is 4.22. The molecule has 0 fully saturated rings. The average molecular weight is 265 g/mol. The first-order valence-corrected chi connectivity index (χ1v) is 6.54. The number of carboxylic acids is 1. The summed E-state index contributed by atoms with van der Waals surface area (Å²) in [7, 11) is 0. The maximum atomic E-state index is 11.8. The highest BCUT2D eigenvalue weighted by Gasteiger charge is 2.32. The second kappa shape index (κ2) is 6.39. The van der Waals surface area contributed by atoms with Crippen molar-refractivity contribution in [2.45, 2.75) is 43.7 Å². The van der Waals surface area contributed by atoms with Crippen molar-refractivity contribution in [3.05, 3.63) is 0 Å². The van der Waals surface area contributed by atoms with Gasteiger partial charge in [-0.3, -0.25) is 4.79 Å². The van der Waals surface area contributed by atoms with Gasteiger partial charge in [0, 0.05) is 11.0 Å². The fraction of sp³-hybridized carbons (Fsp3) is 0.800. The zero-order valence-electron chi connectivity index (χ0n) is 9.98. The second-order valence-corrected chi connectivity index (χ2v) is 6.79. The maximum absolute atomic E-state index is 11.8. The van der Waals surface area contributed by atoms with E-state index >= 15 is 0 Å². The summed E-state index contributed by atoms with van der Waals surface area (Å²) in [6.07, 6.45) is 0. The van der Waals surface area contributed by atoms with Crippen molar-refractivity contribution in [2.24, 2.45) is 0 Å². The van der Waals surface area contributed by atoms with Gasteiger partial charge in [-0.2, -0.15) is 12.6 Å². The van der Waals surface area contributed by atoms with Crippen LogP contribution in [0.25, 0.3) is 0 Å². The molecule has 0 heterocycles. The Morgan fingerprint density at radius 3 is 2.25 bits per heavy atom. The molecule has 6 heteroatoms. The molecule has 0 aromatic heterocycles. The lowest BCUT2D eigenvalue weighted by Crippen LogP contribution is -2.49. The monoisotopic (exact) mass is 265 g/mol. The lowest BCUT2D eigenvalue weighted by Gasteiger charge is -2.26. The summed E-state index contributed by atoms with van der Waals surface area (Å²) in [6.45, 7) is 7.55. The van der Waals surface area contributed by atoms with Crippen LogP contribution in [0.3, 0.4) is 0 Å². The molecule has 1 atom stereocenters. The molecule has 0 spiro atoms. The van der Waals surface area contributed by atoms with Gasteiger partial charge in [0.1, 0.15) is 6.04 Å². The Kier molecular flexibility index (Phi) is 6.25. The summed E-state index contributed by atoms with van der Waals surface area (Å²) in [6, 6.07) is -0.928. The van der Waals surface area contributed by atoms with Crippen molar-refractivity contribution < 1.29 is 14.7 Å². The van der Waals surface area contributed by atoms with Gasteiger partial charge in [0.05, 0.1) is 4.75 Å². The molecule has 1 amide bonds. The highest BCUT2D eigenvalue weighted by atomic mass is 32.2. The van der Waals surface area contributed by atoms with E-state index in [0.717, 1.165) is 0 Å². The van der Waals surface area contributed by atoms with E-state index in [4.69, 9.17) is 5.11 Å². The van der Waals surface area contributed by atoms with Crippen LogP contribution < -0.4 is 5.32 Å². The van der Waals surface area contributed by atoms with Crippen LogP contribution >= 0.6 is 24.4 Å². The van der Waals surface area contributed by atoms with E-state index in [0.29, 0.717) is 5.25 Å². The molecule has 0 bridgehead atoms. The molecule has 16 heavy (non-hydrogen) atoms. The summed E-state index contributed by atoms with van der Waals surface area (Å²) in [5, 5.41) is 11.6. The minimum absolute atomic E-state index is 0.0868. The smallest absolute Gasteiger partial charge is 0.327 e. The summed E-state index contributed by atoms with van der Waals surface area (Å²) in [4.78, 5) is 22.6. The summed E-state index contributed by atoms with van der Waals surface area (Å²) >= 11 is 5.39. The zero-order chi connectivity index (χ0) is 12.9. The van der Waals surface area contributed by atoms with Crippen molar-refractivity contribution in [1.29, 1.82) is 0 Å². The normalized spacial score (nSPS) is 13.6. The molecule has 0 aliphatic rings. The summed E-state index contributed by atoms with van der Waals surface area (Å²) in [5.74, 6) is -1.25. The molecule has 0 aliphatic carbocycles. The number of amides is 1. The van der Waals surface area contributed by atoms with Gasteiger partial charge in [-0.1, -0.05) is 13.8 Å². The molecule has 0 saturated heterocycles. The topological polar surface area (TPSA) is 66.4 Å². The van der Waals surface area contributed by atoms with Gasteiger partial charge < -0.3 is 10.4 Å². The molecule has 4 nitrogen and oxygen atoms in total. The Balaban J connectivity index is 4.49. The molecule has 94 valence electrons. The Morgan fingerprint density at radius 1 is 1.44 bits per heavy atom. The first kappa shape index (κ1) is 15.6. The van der Waals surface area contributed by atoms with Gasteiger partial charge in [0.15, 0.2) is 0 Å². The van der Waals surface area contributed by atoms with Crippen LogP contribution in [0.1, 0.15) is 27.7 Å². The van der Waals surface area contributed by atoms with E-state index in [2.05, 4.69) is 17.9 Å². The summed E-state index contributed by atoms with van der Waals surface area (Å²) < 4.78 is -0.634. The minimum atomic E-state index is -1.06. The van der Waals surface area contributed by atoms with Crippen LogP contribution in [0, 0.1) is 0 Å². The predicted octanol–water partition coefficient (Wildman–Crippen LogP) is 1.41. The van der Waals surface area contributed by atoms with Crippen LogP contribution in [0.15, 0.2) is 0 Å². The Labute approximate surface area is 106 Å². The molecule has 0 aromatic carbocycles. The van der Waals surface area contributed by atoms with E-state index in [-0.39, 0.29) is 11.7 Å². The third kappa shape index (κ3) is 5.12. The van der Waals surface area contributed by atoms with E-state index in [1.165, 1.54) is 11.8 Å². The zero-order valence-corrected chi connectivity index (χ0v) is 11.7. The molecule has 2 N–H and O–H groups in total. The van der Waals surface area contributed by atoms with E-state index < -0.39 is 16.8 Å². The Hall–Kier alpha value is -0.360. The number of hydrogen-bond donors (Lipinski definition) is 3. The fourth-order valence-corrected chi connectivity index (χ4v) is 2.75. The van der Waals surface area contributed by atoms with Gasteiger partial charge >= 0.3 is 5.97 Å². The number of thiol groups is 1. The van der Waals surface area contributed by atoms with Crippen LogP contribution in [-0.4, -0.2) is 38.8 Å². The van der Waals surface area contributed by atoms with Gasteiger partial charge in [-0.25, -0.2) is 4.79 Å². The number of carboxylic acid groups (broad SMARTS) is 1. The van der Waals surface area contributed by atoms with Crippen LogP contribution in [0.2, 0.25) is 0 Å². The first-order valence-electron chi connectivity index (χ1n) is 5.03. The van der Waals surface area contributed by atoms with Gasteiger partial charge in [-0.15, -0.1) is 11.8 Å². The number of thioether (sulfide) groups is 1. The number of rotatable bonds is 6. The SMILES string of the molecule is CC(C)SC(C)(C)C(=O)NC(CS)C(=O)O. The molecular weight excluding hydrogens is 246 g/mol. The summed E-state index contributed by atoms with van der Waals surface area (Å²) in [5.41, 5.74) is 0. The largest absolute Gasteiger partial charge is 0.480 e. The Bertz CT molecular complexity index is 267. The molecule has 0 radical (unpaired) electrons. The van der Waals surface area contributed by atoms with E-state index in [9.17, 15) is 9.59 Å². The van der Waals surface area contributed by atoms with Crippen molar-refractivity contribution >= 4 is 36.3 Å². The lowest BCUT2D eigenvalue weighted by atomic mass is 10.2. The van der Waals surface area contributed by atoms with Gasteiger partial charge in [0.25, 0.3) is 0 Å². The molecule has 0 aliphatic heterocycles. The standard InChI is InChI=1S/C10H19NO3S2/c1-6(2)16-10(3,4)9(14)11-7(5-15)8(12)13/h6-7,15H,5H2,1-4H3,(H,11,14)(H,12,13). The van der Waals surface area contributed by atoms with Crippen molar-refractivity contribution in [1.82, 2.24) is 5.32 Å². The van der Waals surface area contributed by atoms with Crippen LogP contribution in [0.5, 0.6) is 0 Å². The minimum Gasteiger partial charge on any atom is -0.480 e. The third-order valence-corrected chi connectivity index (χ3v) is 3.47. The first-order chi connectivity index (χ1) is 7.20. The Morgan fingerprint density at radius 2 is 1.94 bits per heavy atom. The van der Waals surface area contributed by atoms with Crippen LogP contribution in [-0.2, 0) is 9.59 Å². The number of aliphatic carboxylic acids is 1.